The van der Waals surface area contributed by atoms with Crippen LogP contribution >= 0.6 is 0 Å². The van der Waals surface area contributed by atoms with Crippen molar-refractivity contribution in [2.24, 2.45) is 11.1 Å². The summed E-state index contributed by atoms with van der Waals surface area (Å²) in [6, 6.07) is 11.1. The van der Waals surface area contributed by atoms with E-state index in [-0.39, 0.29) is 35.7 Å². The lowest BCUT2D eigenvalue weighted by Gasteiger charge is -2.42. The Morgan fingerprint density at radius 1 is 1.10 bits per heavy atom. The molecule has 152 valence electrons. The van der Waals surface area contributed by atoms with Crippen molar-refractivity contribution in [1.82, 2.24) is 9.80 Å². The molecule has 1 atom stereocenters. The first-order valence-electron chi connectivity index (χ1n) is 10.2. The number of carbonyl (C=O) groups is 3. The van der Waals surface area contributed by atoms with E-state index in [9.17, 15) is 14.4 Å². The van der Waals surface area contributed by atoms with Gasteiger partial charge in [0.1, 0.15) is 0 Å². The summed E-state index contributed by atoms with van der Waals surface area (Å²) in [5.74, 6) is -0.502. The first-order valence-corrected chi connectivity index (χ1v) is 10.2. The van der Waals surface area contributed by atoms with Crippen LogP contribution in [0, 0.1) is 5.41 Å². The Morgan fingerprint density at radius 3 is 2.31 bits per heavy atom. The Hall–Kier alpha value is -2.73. The van der Waals surface area contributed by atoms with Gasteiger partial charge in [0.05, 0.1) is 0 Å². The van der Waals surface area contributed by atoms with Crippen molar-refractivity contribution in [3.8, 4) is 0 Å². The highest BCUT2D eigenvalue weighted by molar-refractivity contribution is 6.25. The minimum absolute atomic E-state index is 0.0596. The molecule has 0 aromatic heterocycles. The lowest BCUT2D eigenvalue weighted by Crippen LogP contribution is -2.54. The van der Waals surface area contributed by atoms with Crippen LogP contribution in [0.4, 0.5) is 0 Å². The van der Waals surface area contributed by atoms with Gasteiger partial charge in [-0.05, 0) is 35.8 Å². The number of imide groups is 1. The fraction of sp³-hybridized carbons (Fsp3) is 0.435. The van der Waals surface area contributed by atoms with Crippen LogP contribution < -0.4 is 5.73 Å². The van der Waals surface area contributed by atoms with Crippen molar-refractivity contribution in [2.45, 2.75) is 39.2 Å². The summed E-state index contributed by atoms with van der Waals surface area (Å²) in [5.41, 5.74) is 7.16. The van der Waals surface area contributed by atoms with Gasteiger partial charge in [0.2, 0.25) is 5.91 Å². The number of nitrogens with zero attached hydrogens (tertiary/aromatic N) is 2. The topological polar surface area (TPSA) is 83.7 Å². The Balaban J connectivity index is 1.43. The van der Waals surface area contributed by atoms with E-state index in [0.717, 1.165) is 17.2 Å². The lowest BCUT2D eigenvalue weighted by molar-refractivity contribution is -0.134. The second-order valence-electron chi connectivity index (χ2n) is 8.77. The van der Waals surface area contributed by atoms with Crippen LogP contribution in [0.3, 0.4) is 0 Å². The van der Waals surface area contributed by atoms with Crippen LogP contribution in [-0.2, 0) is 4.79 Å². The Bertz CT molecular complexity index is 947. The van der Waals surface area contributed by atoms with Gasteiger partial charge in [0, 0.05) is 48.6 Å². The van der Waals surface area contributed by atoms with Gasteiger partial charge >= 0.3 is 0 Å². The van der Waals surface area contributed by atoms with E-state index in [1.807, 2.05) is 29.2 Å². The fourth-order valence-corrected chi connectivity index (χ4v) is 4.42. The number of nitrogens with two attached hydrogens (primary N) is 1. The molecule has 1 fully saturated rings. The highest BCUT2D eigenvalue weighted by Crippen LogP contribution is 2.31. The molecular formula is C23H27N3O3. The van der Waals surface area contributed by atoms with Crippen LogP contribution in [0.15, 0.2) is 36.4 Å². The predicted molar refractivity (Wildman–Crippen MR) is 112 cm³/mol. The molecule has 0 aliphatic carbocycles. The predicted octanol–water partition coefficient (Wildman–Crippen LogP) is 2.80. The summed E-state index contributed by atoms with van der Waals surface area (Å²) in [5, 5.41) is 1.62. The second-order valence-corrected chi connectivity index (χ2v) is 8.77. The van der Waals surface area contributed by atoms with E-state index >= 15 is 0 Å². The van der Waals surface area contributed by atoms with Gasteiger partial charge in [-0.3, -0.25) is 19.3 Å². The highest BCUT2D eigenvalue weighted by atomic mass is 16.2. The van der Waals surface area contributed by atoms with Crippen molar-refractivity contribution in [2.75, 3.05) is 19.6 Å². The summed E-state index contributed by atoms with van der Waals surface area (Å²) < 4.78 is 0. The maximum absolute atomic E-state index is 12.9. The zero-order valence-corrected chi connectivity index (χ0v) is 17.0. The number of rotatable bonds is 4. The Labute approximate surface area is 170 Å². The van der Waals surface area contributed by atoms with Gasteiger partial charge in [0.25, 0.3) is 11.8 Å². The standard InChI is InChI=1S/C23H27N3O3/c1-23(2)14-25(13-11-18(23)24)19(27)10-5-12-26-21(28)16-8-3-6-15-7-4-9-17(20(15)16)22(26)29/h3-4,6-9,18H,5,10-14,24H2,1-2H3. The van der Waals surface area contributed by atoms with Crippen LogP contribution in [0.2, 0.25) is 0 Å². The summed E-state index contributed by atoms with van der Waals surface area (Å²) in [6.07, 6.45) is 1.56. The normalized spacial score (nSPS) is 21.0. The molecule has 4 rings (SSSR count). The van der Waals surface area contributed by atoms with E-state index in [0.29, 0.717) is 37.1 Å². The largest absolute Gasteiger partial charge is 0.342 e. The van der Waals surface area contributed by atoms with E-state index in [1.54, 1.807) is 12.1 Å². The number of hydrogen-bond donors (Lipinski definition) is 1. The molecule has 2 aliphatic heterocycles. The highest BCUT2D eigenvalue weighted by Gasteiger charge is 2.36. The molecule has 29 heavy (non-hydrogen) atoms. The summed E-state index contributed by atoms with van der Waals surface area (Å²) in [7, 11) is 0. The number of likely N-dealkylation sites (tertiary alicyclic amines) is 1. The monoisotopic (exact) mass is 393 g/mol. The molecule has 2 N–H and O–H groups in total. The third-order valence-electron chi connectivity index (χ3n) is 6.29. The van der Waals surface area contributed by atoms with Crippen molar-refractivity contribution >= 4 is 28.5 Å². The smallest absolute Gasteiger partial charge is 0.261 e. The van der Waals surface area contributed by atoms with Crippen LogP contribution in [0.5, 0.6) is 0 Å². The van der Waals surface area contributed by atoms with Gasteiger partial charge in [-0.2, -0.15) is 0 Å². The molecule has 2 aromatic rings. The first-order chi connectivity index (χ1) is 13.8. The molecular weight excluding hydrogens is 366 g/mol. The van der Waals surface area contributed by atoms with E-state index in [1.165, 1.54) is 4.90 Å². The minimum Gasteiger partial charge on any atom is -0.342 e. The molecule has 0 radical (unpaired) electrons. The molecule has 2 heterocycles. The molecule has 3 amide bonds. The van der Waals surface area contributed by atoms with E-state index in [2.05, 4.69) is 13.8 Å². The molecule has 0 bridgehead atoms. The molecule has 0 saturated carbocycles. The maximum Gasteiger partial charge on any atom is 0.261 e. The Kier molecular flexibility index (Phi) is 4.90. The van der Waals surface area contributed by atoms with Gasteiger partial charge in [-0.25, -0.2) is 0 Å². The zero-order chi connectivity index (χ0) is 20.8. The number of piperidine rings is 1. The minimum atomic E-state index is -0.281. The average Bonchev–Trinajstić information content (AvgIpc) is 2.70. The third kappa shape index (κ3) is 3.42. The molecule has 6 nitrogen and oxygen atoms in total. The van der Waals surface area contributed by atoms with Gasteiger partial charge in [0.15, 0.2) is 0 Å². The SMILES string of the molecule is CC1(C)CN(C(=O)CCCN2C(=O)c3cccc4cccc(c34)C2=O)CCC1N. The number of hydrogen-bond acceptors (Lipinski definition) is 4. The molecule has 6 heteroatoms. The summed E-state index contributed by atoms with van der Waals surface area (Å²) >= 11 is 0. The molecule has 1 unspecified atom stereocenters. The summed E-state index contributed by atoms with van der Waals surface area (Å²) in [4.78, 5) is 41.6. The van der Waals surface area contributed by atoms with E-state index in [4.69, 9.17) is 5.73 Å². The quantitative estimate of drug-likeness (QED) is 0.810. The van der Waals surface area contributed by atoms with Gasteiger partial charge < -0.3 is 10.6 Å². The van der Waals surface area contributed by atoms with Crippen LogP contribution in [-0.4, -0.2) is 53.2 Å². The van der Waals surface area contributed by atoms with Crippen molar-refractivity contribution in [3.63, 3.8) is 0 Å². The average molecular weight is 393 g/mol. The second kappa shape index (κ2) is 7.26. The fourth-order valence-electron chi connectivity index (χ4n) is 4.42. The Morgan fingerprint density at radius 2 is 1.72 bits per heavy atom. The first kappa shape index (κ1) is 19.6. The molecule has 1 saturated heterocycles. The van der Waals surface area contributed by atoms with Gasteiger partial charge in [-0.1, -0.05) is 38.1 Å². The third-order valence-corrected chi connectivity index (χ3v) is 6.29. The molecule has 2 aromatic carbocycles. The van der Waals surface area contributed by atoms with Crippen LogP contribution in [0.1, 0.15) is 53.8 Å². The van der Waals surface area contributed by atoms with E-state index < -0.39 is 0 Å². The van der Waals surface area contributed by atoms with Crippen molar-refractivity contribution < 1.29 is 14.4 Å². The molecule has 0 spiro atoms. The number of benzene rings is 2. The molecule has 2 aliphatic rings. The lowest BCUT2D eigenvalue weighted by atomic mass is 9.79. The van der Waals surface area contributed by atoms with Crippen LogP contribution in [0.25, 0.3) is 10.8 Å². The van der Waals surface area contributed by atoms with Crippen molar-refractivity contribution in [3.05, 3.63) is 47.5 Å². The number of amides is 3. The zero-order valence-electron chi connectivity index (χ0n) is 17.0. The van der Waals surface area contributed by atoms with Gasteiger partial charge in [-0.15, -0.1) is 0 Å². The maximum atomic E-state index is 12.9. The van der Waals surface area contributed by atoms with Crippen molar-refractivity contribution in [1.29, 1.82) is 0 Å². The number of carbonyl (C=O) groups excluding carboxylic acids is 3. The summed E-state index contributed by atoms with van der Waals surface area (Å²) in [6.45, 7) is 5.72.